The van der Waals surface area contributed by atoms with Crippen LogP contribution in [0.2, 0.25) is 0 Å². The fourth-order valence-corrected chi connectivity index (χ4v) is 1.09. The third-order valence-corrected chi connectivity index (χ3v) is 1.72. The van der Waals surface area contributed by atoms with Crippen molar-refractivity contribution < 1.29 is 4.39 Å². The molecule has 72 valence electrons. The normalized spacial score (nSPS) is 10.1. The molecular weight excluding hydrogens is 185 g/mol. The van der Waals surface area contributed by atoms with E-state index in [1.165, 1.54) is 18.2 Å². The number of halogens is 1. The molecule has 0 amide bonds. The molecule has 2 rings (SSSR count). The second-order valence-corrected chi connectivity index (χ2v) is 2.80. The van der Waals surface area contributed by atoms with E-state index in [0.29, 0.717) is 11.5 Å². The number of aromatic amines is 2. The Morgan fingerprint density at radius 3 is 2.43 bits per heavy atom. The first kappa shape index (κ1) is 8.55. The van der Waals surface area contributed by atoms with Crippen LogP contribution in [-0.2, 0) is 0 Å². The van der Waals surface area contributed by atoms with E-state index in [1.807, 2.05) is 0 Å². The average Bonchev–Trinajstić information content (AvgIpc) is 2.56. The van der Waals surface area contributed by atoms with Crippen molar-refractivity contribution in [1.82, 2.24) is 10.2 Å². The van der Waals surface area contributed by atoms with Gasteiger partial charge in [0.2, 0.25) is 0 Å². The van der Waals surface area contributed by atoms with Gasteiger partial charge in [-0.1, -0.05) is 0 Å². The maximum absolute atomic E-state index is 12.5. The summed E-state index contributed by atoms with van der Waals surface area (Å²) in [5.74, 6) is 0.250. The summed E-state index contributed by atoms with van der Waals surface area (Å²) < 4.78 is 12.5. The number of hydrogen-bond acceptors (Lipinski definition) is 2. The number of H-pyrrole nitrogens is 2. The smallest absolute Gasteiger partial charge is 0.266 e. The molecule has 0 radical (unpaired) electrons. The molecule has 0 saturated heterocycles. The van der Waals surface area contributed by atoms with Gasteiger partial charge < -0.3 is 5.32 Å². The third kappa shape index (κ3) is 1.82. The highest BCUT2D eigenvalue weighted by atomic mass is 19.1. The predicted octanol–water partition coefficient (Wildman–Crippen LogP) is 1.59. The van der Waals surface area contributed by atoms with Gasteiger partial charge in [0.1, 0.15) is 11.6 Å². The fraction of sp³-hybridized carbons (Fsp3) is 0. The van der Waals surface area contributed by atoms with Gasteiger partial charge in [-0.05, 0) is 24.3 Å². The molecule has 1 aromatic heterocycles. The standard InChI is InChI=1S/C9H8FN3O/c10-6-1-3-7(4-2-6)11-8-5-9(14)13-12-8/h1-5H,(H3,11,12,13,14). The zero-order valence-corrected chi connectivity index (χ0v) is 7.17. The summed E-state index contributed by atoms with van der Waals surface area (Å²) in [6.45, 7) is 0. The third-order valence-electron chi connectivity index (χ3n) is 1.72. The lowest BCUT2D eigenvalue weighted by Gasteiger charge is -2.01. The number of benzene rings is 1. The van der Waals surface area contributed by atoms with Crippen LogP contribution in [0, 0.1) is 5.82 Å². The van der Waals surface area contributed by atoms with E-state index < -0.39 is 0 Å². The summed E-state index contributed by atoms with van der Waals surface area (Å²) in [6.07, 6.45) is 0. The molecule has 0 aliphatic heterocycles. The van der Waals surface area contributed by atoms with Crippen LogP contribution >= 0.6 is 0 Å². The SMILES string of the molecule is O=c1cc(Nc2ccc(F)cc2)[nH][nH]1. The van der Waals surface area contributed by atoms with Crippen molar-refractivity contribution in [1.29, 1.82) is 0 Å². The van der Waals surface area contributed by atoms with Crippen molar-refractivity contribution in [2.24, 2.45) is 0 Å². The molecule has 0 saturated carbocycles. The molecule has 4 nitrogen and oxygen atoms in total. The molecule has 0 spiro atoms. The summed E-state index contributed by atoms with van der Waals surface area (Å²) in [6, 6.07) is 7.23. The van der Waals surface area contributed by atoms with Crippen LogP contribution in [0.15, 0.2) is 35.1 Å². The highest BCUT2D eigenvalue weighted by Crippen LogP contribution is 2.12. The molecule has 0 aliphatic rings. The monoisotopic (exact) mass is 193 g/mol. The zero-order valence-electron chi connectivity index (χ0n) is 7.17. The number of hydrogen-bond donors (Lipinski definition) is 3. The van der Waals surface area contributed by atoms with Crippen LogP contribution in [0.5, 0.6) is 0 Å². The van der Waals surface area contributed by atoms with Gasteiger partial charge in [-0.25, -0.2) is 4.39 Å². The minimum atomic E-state index is -0.293. The molecule has 3 N–H and O–H groups in total. The van der Waals surface area contributed by atoms with Gasteiger partial charge >= 0.3 is 0 Å². The van der Waals surface area contributed by atoms with E-state index in [-0.39, 0.29) is 11.4 Å². The van der Waals surface area contributed by atoms with E-state index in [2.05, 4.69) is 15.5 Å². The van der Waals surface area contributed by atoms with E-state index in [0.717, 1.165) is 0 Å². The molecule has 2 aromatic rings. The van der Waals surface area contributed by atoms with Crippen LogP contribution in [0.1, 0.15) is 0 Å². The number of aromatic nitrogens is 2. The topological polar surface area (TPSA) is 60.7 Å². The lowest BCUT2D eigenvalue weighted by atomic mass is 10.3. The van der Waals surface area contributed by atoms with Crippen LogP contribution in [0.4, 0.5) is 15.9 Å². The van der Waals surface area contributed by atoms with E-state index >= 15 is 0 Å². The summed E-state index contributed by atoms with van der Waals surface area (Å²) in [5.41, 5.74) is 0.497. The Balaban J connectivity index is 2.19. The largest absolute Gasteiger partial charge is 0.341 e. The van der Waals surface area contributed by atoms with Crippen molar-refractivity contribution in [2.75, 3.05) is 5.32 Å². The Morgan fingerprint density at radius 1 is 1.14 bits per heavy atom. The maximum atomic E-state index is 12.5. The summed E-state index contributed by atoms with van der Waals surface area (Å²) >= 11 is 0. The Hall–Kier alpha value is -2.04. The van der Waals surface area contributed by atoms with Gasteiger partial charge in [-0.2, -0.15) is 0 Å². The summed E-state index contributed by atoms with van der Waals surface area (Å²) in [5, 5.41) is 7.91. The number of rotatable bonds is 2. The summed E-state index contributed by atoms with van der Waals surface area (Å²) in [7, 11) is 0. The van der Waals surface area contributed by atoms with Crippen molar-refractivity contribution in [3.05, 3.63) is 46.5 Å². The molecule has 0 fully saturated rings. The predicted molar refractivity (Wildman–Crippen MR) is 51.1 cm³/mol. The van der Waals surface area contributed by atoms with Gasteiger partial charge in [0.05, 0.1) is 0 Å². The highest BCUT2D eigenvalue weighted by molar-refractivity contribution is 5.54. The summed E-state index contributed by atoms with van der Waals surface area (Å²) in [4.78, 5) is 10.7. The number of nitrogens with one attached hydrogen (secondary N) is 3. The van der Waals surface area contributed by atoms with Crippen LogP contribution in [0.25, 0.3) is 0 Å². The molecule has 0 unspecified atom stereocenters. The van der Waals surface area contributed by atoms with Crippen molar-refractivity contribution in [2.45, 2.75) is 0 Å². The maximum Gasteiger partial charge on any atom is 0.266 e. The quantitative estimate of drug-likeness (QED) is 0.678. The average molecular weight is 193 g/mol. The van der Waals surface area contributed by atoms with Crippen molar-refractivity contribution in [3.63, 3.8) is 0 Å². The van der Waals surface area contributed by atoms with E-state index in [4.69, 9.17) is 0 Å². The Bertz CT molecular complexity index is 471. The highest BCUT2D eigenvalue weighted by Gasteiger charge is 1.96. The zero-order chi connectivity index (χ0) is 9.97. The molecule has 0 atom stereocenters. The minimum Gasteiger partial charge on any atom is -0.341 e. The Morgan fingerprint density at radius 2 is 1.86 bits per heavy atom. The minimum absolute atomic E-state index is 0.213. The van der Waals surface area contributed by atoms with Crippen LogP contribution < -0.4 is 10.9 Å². The molecule has 0 bridgehead atoms. The number of anilines is 2. The molecule has 1 heterocycles. The molecule has 1 aromatic carbocycles. The first-order valence-electron chi connectivity index (χ1n) is 4.04. The van der Waals surface area contributed by atoms with Gasteiger partial charge in [0.15, 0.2) is 0 Å². The molecular formula is C9H8FN3O. The first-order valence-corrected chi connectivity index (χ1v) is 4.04. The van der Waals surface area contributed by atoms with Crippen molar-refractivity contribution >= 4 is 11.5 Å². The second-order valence-electron chi connectivity index (χ2n) is 2.80. The second kappa shape index (κ2) is 3.37. The molecule has 5 heteroatoms. The first-order chi connectivity index (χ1) is 6.74. The lowest BCUT2D eigenvalue weighted by molar-refractivity contribution is 0.628. The van der Waals surface area contributed by atoms with E-state index in [1.54, 1.807) is 12.1 Å². The van der Waals surface area contributed by atoms with E-state index in [9.17, 15) is 9.18 Å². The Kier molecular flexibility index (Phi) is 2.06. The lowest BCUT2D eigenvalue weighted by Crippen LogP contribution is -1.94. The van der Waals surface area contributed by atoms with Crippen molar-refractivity contribution in [3.8, 4) is 0 Å². The van der Waals surface area contributed by atoms with Gasteiger partial charge in [-0.15, -0.1) is 0 Å². The fourth-order valence-electron chi connectivity index (χ4n) is 1.09. The molecule has 14 heavy (non-hydrogen) atoms. The van der Waals surface area contributed by atoms with Crippen LogP contribution in [0.3, 0.4) is 0 Å². The Labute approximate surface area is 78.8 Å². The molecule has 0 aliphatic carbocycles. The van der Waals surface area contributed by atoms with Gasteiger partial charge in [0, 0.05) is 11.8 Å². The van der Waals surface area contributed by atoms with Gasteiger partial charge in [0.25, 0.3) is 5.56 Å². The van der Waals surface area contributed by atoms with Gasteiger partial charge in [-0.3, -0.25) is 15.0 Å². The van der Waals surface area contributed by atoms with Crippen LogP contribution in [-0.4, -0.2) is 10.2 Å².